The van der Waals surface area contributed by atoms with Crippen molar-refractivity contribution in [3.8, 4) is 0 Å². The molecule has 1 saturated heterocycles. The number of nitrogens with one attached hydrogen (secondary N) is 1. The van der Waals surface area contributed by atoms with E-state index in [0.717, 1.165) is 18.4 Å². The van der Waals surface area contributed by atoms with E-state index in [9.17, 15) is 4.79 Å². The summed E-state index contributed by atoms with van der Waals surface area (Å²) in [4.78, 5) is 13.8. The Balaban J connectivity index is 2.17. The third kappa shape index (κ3) is 2.34. The van der Waals surface area contributed by atoms with E-state index in [-0.39, 0.29) is 18.1 Å². The lowest BCUT2D eigenvalue weighted by Gasteiger charge is -2.19. The minimum absolute atomic E-state index is 0.0173. The molecule has 3 heteroatoms. The van der Waals surface area contributed by atoms with Gasteiger partial charge >= 0.3 is 0 Å². The maximum Gasteiger partial charge on any atom is 0.241 e. The van der Waals surface area contributed by atoms with Crippen molar-refractivity contribution >= 4 is 5.91 Å². The fraction of sp³-hybridized carbons (Fsp3) is 0.500. The summed E-state index contributed by atoms with van der Waals surface area (Å²) in [6, 6.07) is 8.33. The normalized spacial score (nSPS) is 24.4. The van der Waals surface area contributed by atoms with Crippen LogP contribution in [0.4, 0.5) is 0 Å². The van der Waals surface area contributed by atoms with Crippen LogP contribution in [0.5, 0.6) is 0 Å². The molecule has 2 atom stereocenters. The van der Waals surface area contributed by atoms with Crippen LogP contribution in [0.15, 0.2) is 24.3 Å². The van der Waals surface area contributed by atoms with Gasteiger partial charge in [-0.3, -0.25) is 10.1 Å². The highest BCUT2D eigenvalue weighted by Gasteiger charge is 2.36. The molecule has 3 nitrogen and oxygen atoms in total. The fourth-order valence-electron chi connectivity index (χ4n) is 2.31. The average Bonchev–Trinajstić information content (AvgIpc) is 2.59. The van der Waals surface area contributed by atoms with Gasteiger partial charge in [-0.2, -0.15) is 0 Å². The summed E-state index contributed by atoms with van der Waals surface area (Å²) in [7, 11) is 1.87. The van der Waals surface area contributed by atoms with Gasteiger partial charge in [0, 0.05) is 7.05 Å². The molecule has 1 N–H and O–H groups in total. The largest absolute Gasteiger partial charge is 0.325 e. The van der Waals surface area contributed by atoms with Gasteiger partial charge in [-0.15, -0.1) is 0 Å². The molecule has 0 saturated carbocycles. The number of hydrogen-bond donors (Lipinski definition) is 1. The standard InChI is InChI=1S/C14H20N2O/c1-4-5-12-14(17)16(3)13(15-12)11-8-6-10(2)7-9-11/h6-9,12-13,15H,4-5H2,1-3H3. The molecular formula is C14H20N2O. The summed E-state index contributed by atoms with van der Waals surface area (Å²) in [5.74, 6) is 0.206. The lowest BCUT2D eigenvalue weighted by molar-refractivity contribution is -0.128. The first-order valence-corrected chi connectivity index (χ1v) is 6.22. The maximum atomic E-state index is 12.0. The van der Waals surface area contributed by atoms with Crippen LogP contribution in [-0.4, -0.2) is 23.9 Å². The number of nitrogens with zero attached hydrogens (tertiary/aromatic N) is 1. The third-order valence-corrected chi connectivity index (χ3v) is 3.36. The highest BCUT2D eigenvalue weighted by atomic mass is 16.2. The Kier molecular flexibility index (Phi) is 3.48. The second-order valence-corrected chi connectivity index (χ2v) is 4.77. The van der Waals surface area contributed by atoms with Crippen LogP contribution in [0.1, 0.15) is 37.1 Å². The van der Waals surface area contributed by atoms with E-state index in [4.69, 9.17) is 0 Å². The molecule has 1 aliphatic rings. The molecule has 0 spiro atoms. The Morgan fingerprint density at radius 2 is 1.94 bits per heavy atom. The number of amides is 1. The van der Waals surface area contributed by atoms with Gasteiger partial charge in [-0.1, -0.05) is 43.2 Å². The molecule has 1 aliphatic heterocycles. The first-order chi connectivity index (χ1) is 8.13. The molecule has 0 radical (unpaired) electrons. The van der Waals surface area contributed by atoms with Crippen LogP contribution in [0.25, 0.3) is 0 Å². The van der Waals surface area contributed by atoms with E-state index >= 15 is 0 Å². The topological polar surface area (TPSA) is 32.3 Å². The van der Waals surface area contributed by atoms with Crippen molar-refractivity contribution in [2.45, 2.75) is 38.9 Å². The minimum atomic E-state index is -0.0173. The molecule has 1 amide bonds. The van der Waals surface area contributed by atoms with Gasteiger partial charge in [0.2, 0.25) is 5.91 Å². The molecule has 1 heterocycles. The molecule has 0 aromatic heterocycles. The van der Waals surface area contributed by atoms with Gasteiger partial charge in [0.25, 0.3) is 0 Å². The molecule has 2 rings (SSSR count). The molecule has 92 valence electrons. The number of likely N-dealkylation sites (N-methyl/N-ethyl adjacent to an activating group) is 1. The Morgan fingerprint density at radius 3 is 2.53 bits per heavy atom. The second-order valence-electron chi connectivity index (χ2n) is 4.77. The minimum Gasteiger partial charge on any atom is -0.325 e. The van der Waals surface area contributed by atoms with Gasteiger partial charge < -0.3 is 4.90 Å². The van der Waals surface area contributed by atoms with Crippen LogP contribution in [0.3, 0.4) is 0 Å². The van der Waals surface area contributed by atoms with Crippen molar-refractivity contribution in [1.29, 1.82) is 0 Å². The predicted octanol–water partition coefficient (Wildman–Crippen LogP) is 2.22. The lowest BCUT2D eigenvalue weighted by Crippen LogP contribution is -2.28. The van der Waals surface area contributed by atoms with E-state index < -0.39 is 0 Å². The van der Waals surface area contributed by atoms with E-state index in [0.29, 0.717) is 0 Å². The zero-order chi connectivity index (χ0) is 12.4. The average molecular weight is 232 g/mol. The highest BCUT2D eigenvalue weighted by molar-refractivity contribution is 5.84. The van der Waals surface area contributed by atoms with E-state index in [1.807, 2.05) is 11.9 Å². The van der Waals surface area contributed by atoms with Crippen molar-refractivity contribution in [2.24, 2.45) is 0 Å². The molecule has 1 aromatic rings. The Hall–Kier alpha value is -1.35. The predicted molar refractivity (Wildman–Crippen MR) is 68.5 cm³/mol. The van der Waals surface area contributed by atoms with Crippen LogP contribution >= 0.6 is 0 Å². The summed E-state index contributed by atoms with van der Waals surface area (Å²) >= 11 is 0. The Morgan fingerprint density at radius 1 is 1.29 bits per heavy atom. The lowest BCUT2D eigenvalue weighted by atomic mass is 10.1. The summed E-state index contributed by atoms with van der Waals surface area (Å²) < 4.78 is 0. The second kappa shape index (κ2) is 4.88. The number of hydrogen-bond acceptors (Lipinski definition) is 2. The summed E-state index contributed by atoms with van der Waals surface area (Å²) in [6.45, 7) is 4.18. The number of aryl methyl sites for hydroxylation is 1. The van der Waals surface area contributed by atoms with Crippen molar-refractivity contribution < 1.29 is 4.79 Å². The summed E-state index contributed by atoms with van der Waals surface area (Å²) in [5.41, 5.74) is 2.40. The molecule has 1 aromatic carbocycles. The highest BCUT2D eigenvalue weighted by Crippen LogP contribution is 2.25. The first-order valence-electron chi connectivity index (χ1n) is 6.22. The number of carbonyl (C=O) groups is 1. The van der Waals surface area contributed by atoms with E-state index in [2.05, 4.69) is 43.4 Å². The smallest absolute Gasteiger partial charge is 0.241 e. The van der Waals surface area contributed by atoms with Crippen molar-refractivity contribution in [3.63, 3.8) is 0 Å². The van der Waals surface area contributed by atoms with Gasteiger partial charge in [0.1, 0.15) is 6.17 Å². The molecule has 1 fully saturated rings. The zero-order valence-corrected chi connectivity index (χ0v) is 10.7. The molecule has 0 bridgehead atoms. The fourth-order valence-corrected chi connectivity index (χ4v) is 2.31. The van der Waals surface area contributed by atoms with Gasteiger partial charge in [0.15, 0.2) is 0 Å². The SMILES string of the molecule is CCCC1NC(c2ccc(C)cc2)N(C)C1=O. The van der Waals surface area contributed by atoms with Crippen molar-refractivity contribution in [2.75, 3.05) is 7.05 Å². The van der Waals surface area contributed by atoms with Crippen molar-refractivity contribution in [3.05, 3.63) is 35.4 Å². The van der Waals surface area contributed by atoms with Crippen LogP contribution < -0.4 is 5.32 Å². The zero-order valence-electron chi connectivity index (χ0n) is 10.7. The van der Waals surface area contributed by atoms with E-state index in [1.54, 1.807) is 0 Å². The van der Waals surface area contributed by atoms with Gasteiger partial charge in [-0.05, 0) is 18.9 Å². The van der Waals surface area contributed by atoms with Gasteiger partial charge in [-0.25, -0.2) is 0 Å². The monoisotopic (exact) mass is 232 g/mol. The van der Waals surface area contributed by atoms with Crippen LogP contribution in [0.2, 0.25) is 0 Å². The summed E-state index contributed by atoms with van der Waals surface area (Å²) in [5, 5.41) is 3.40. The molecule has 17 heavy (non-hydrogen) atoms. The van der Waals surface area contributed by atoms with E-state index in [1.165, 1.54) is 5.56 Å². The molecule has 0 aliphatic carbocycles. The molecular weight excluding hydrogens is 212 g/mol. The molecule has 2 unspecified atom stereocenters. The summed E-state index contributed by atoms with van der Waals surface area (Å²) in [6.07, 6.45) is 1.96. The number of carbonyl (C=O) groups excluding carboxylic acids is 1. The number of rotatable bonds is 3. The third-order valence-electron chi connectivity index (χ3n) is 3.36. The van der Waals surface area contributed by atoms with Gasteiger partial charge in [0.05, 0.1) is 6.04 Å². The van der Waals surface area contributed by atoms with Crippen molar-refractivity contribution in [1.82, 2.24) is 10.2 Å². The first kappa shape index (κ1) is 12.1. The maximum absolute atomic E-state index is 12.0. The Labute approximate surface area is 103 Å². The van der Waals surface area contributed by atoms with Crippen LogP contribution in [-0.2, 0) is 4.79 Å². The quantitative estimate of drug-likeness (QED) is 0.866. The number of benzene rings is 1. The Bertz CT molecular complexity index is 399. The van der Waals surface area contributed by atoms with Crippen LogP contribution in [0, 0.1) is 6.92 Å².